The molecule has 1 atom stereocenters. The largest absolute Gasteiger partial charge is 0.458 e. The molecule has 0 amide bonds. The maximum Gasteiger partial charge on any atom is 0.303 e. The zero-order chi connectivity index (χ0) is 19.0. The van der Waals surface area contributed by atoms with Crippen molar-refractivity contribution >= 4 is 16.7 Å². The molecule has 0 aliphatic heterocycles. The zero-order valence-electron chi connectivity index (χ0n) is 14.3. The van der Waals surface area contributed by atoms with Crippen LogP contribution in [0.25, 0.3) is 10.8 Å². The van der Waals surface area contributed by atoms with E-state index in [0.29, 0.717) is 12.8 Å². The molecule has 1 aromatic rings. The van der Waals surface area contributed by atoms with Gasteiger partial charge in [-0.15, -0.1) is 0 Å². The maximum atomic E-state index is 12.9. The molecule has 6 heteroatoms. The Bertz CT molecular complexity index is 1280. The summed E-state index contributed by atoms with van der Waals surface area (Å²) in [6, 6.07) is 7.09. The molecule has 132 valence electrons. The van der Waals surface area contributed by atoms with Gasteiger partial charge in [0.15, 0.2) is 21.7 Å². The molecule has 1 aromatic carbocycles. The number of benzene rings is 1. The van der Waals surface area contributed by atoms with Crippen molar-refractivity contribution in [3.63, 3.8) is 0 Å². The number of fused-ring (bicyclic) bond motifs is 1. The summed E-state index contributed by atoms with van der Waals surface area (Å²) in [4.78, 5) is 62.2. The Labute approximate surface area is 147 Å². The SMILES string of the molecule is CCCC(OC(C)=O)c1cc(=O)c2c(=O)c3ccccc3c(=O)c=2c1=O. The van der Waals surface area contributed by atoms with E-state index in [1.54, 1.807) is 12.1 Å². The highest BCUT2D eigenvalue weighted by molar-refractivity contribution is 5.82. The van der Waals surface area contributed by atoms with Crippen LogP contribution in [0.5, 0.6) is 0 Å². The summed E-state index contributed by atoms with van der Waals surface area (Å²) in [5.74, 6) is -0.597. The lowest BCUT2D eigenvalue weighted by atomic mass is 9.98. The van der Waals surface area contributed by atoms with Crippen molar-refractivity contribution in [1.29, 1.82) is 0 Å². The molecule has 0 N–H and O–H groups in total. The van der Waals surface area contributed by atoms with Crippen LogP contribution in [0.3, 0.4) is 0 Å². The molecule has 0 heterocycles. The van der Waals surface area contributed by atoms with Gasteiger partial charge in [-0.05, 0) is 12.5 Å². The van der Waals surface area contributed by atoms with Gasteiger partial charge in [-0.2, -0.15) is 0 Å². The molecule has 0 aromatic heterocycles. The quantitative estimate of drug-likeness (QED) is 0.657. The third-order valence-electron chi connectivity index (χ3n) is 4.35. The molecular weight excluding hydrogens is 336 g/mol. The fraction of sp³-hybridized carbons (Fsp3) is 0.250. The molecule has 0 fully saturated rings. The molecule has 2 aliphatic rings. The van der Waals surface area contributed by atoms with Crippen LogP contribution in [0.2, 0.25) is 0 Å². The van der Waals surface area contributed by atoms with E-state index in [0.717, 1.165) is 6.07 Å². The summed E-state index contributed by atoms with van der Waals surface area (Å²) < 4.78 is 5.16. The van der Waals surface area contributed by atoms with Gasteiger partial charge in [-0.25, -0.2) is 0 Å². The molecule has 1 unspecified atom stereocenters. The second-order valence-corrected chi connectivity index (χ2v) is 6.13. The van der Waals surface area contributed by atoms with Gasteiger partial charge in [0.2, 0.25) is 0 Å². The highest BCUT2D eigenvalue weighted by Gasteiger charge is 2.22. The van der Waals surface area contributed by atoms with E-state index in [1.807, 2.05) is 6.92 Å². The second kappa shape index (κ2) is 6.63. The monoisotopic (exact) mass is 352 g/mol. The number of hydrogen-bond acceptors (Lipinski definition) is 6. The molecular formula is C20H16O6. The van der Waals surface area contributed by atoms with Crippen molar-refractivity contribution in [3.05, 3.63) is 87.2 Å². The summed E-state index contributed by atoms with van der Waals surface area (Å²) in [6.45, 7) is 3.04. The molecule has 2 aliphatic carbocycles. The topological polar surface area (TPSA) is 94.6 Å². The molecule has 6 nitrogen and oxygen atoms in total. The lowest BCUT2D eigenvalue weighted by Crippen LogP contribution is -2.32. The number of rotatable bonds is 4. The number of hydrogen-bond donors (Lipinski definition) is 0. The Morgan fingerprint density at radius 1 is 0.962 bits per heavy atom. The second-order valence-electron chi connectivity index (χ2n) is 6.13. The van der Waals surface area contributed by atoms with Crippen LogP contribution in [-0.2, 0) is 9.53 Å². The number of carbonyl (C=O) groups is 1. The maximum absolute atomic E-state index is 12.9. The molecule has 0 saturated carbocycles. The molecule has 0 saturated heterocycles. The van der Waals surface area contributed by atoms with Gasteiger partial charge >= 0.3 is 5.97 Å². The van der Waals surface area contributed by atoms with Gasteiger partial charge in [0, 0.05) is 23.3 Å². The van der Waals surface area contributed by atoms with Gasteiger partial charge in [-0.1, -0.05) is 37.6 Å². The lowest BCUT2D eigenvalue weighted by Gasteiger charge is -2.15. The standard InChI is InChI=1S/C20H16O6/c1-3-6-15(26-10(2)21)13-9-14(22)16-17(20(13)25)19(24)12-8-5-4-7-11(12)18(16)23/h4-5,7-9,15H,3,6H2,1-2H3. The van der Waals surface area contributed by atoms with Crippen molar-refractivity contribution in [2.75, 3.05) is 0 Å². The van der Waals surface area contributed by atoms with Crippen LogP contribution in [0.1, 0.15) is 38.4 Å². The minimum atomic E-state index is -0.928. The molecule has 0 bridgehead atoms. The first-order chi connectivity index (χ1) is 12.4. The van der Waals surface area contributed by atoms with E-state index < -0.39 is 44.2 Å². The van der Waals surface area contributed by atoms with Gasteiger partial charge in [0.05, 0.1) is 10.4 Å². The molecule has 0 radical (unpaired) electrons. The van der Waals surface area contributed by atoms with Crippen LogP contribution >= 0.6 is 0 Å². The van der Waals surface area contributed by atoms with Crippen molar-refractivity contribution in [2.24, 2.45) is 0 Å². The van der Waals surface area contributed by atoms with Gasteiger partial charge in [-0.3, -0.25) is 24.0 Å². The van der Waals surface area contributed by atoms with Gasteiger partial charge in [0.1, 0.15) is 6.10 Å². The van der Waals surface area contributed by atoms with Crippen LogP contribution in [0.15, 0.2) is 49.5 Å². The Balaban J connectivity index is 2.52. The fourth-order valence-corrected chi connectivity index (χ4v) is 3.23. The highest BCUT2D eigenvalue weighted by Crippen LogP contribution is 2.19. The smallest absolute Gasteiger partial charge is 0.303 e. The average Bonchev–Trinajstić information content (AvgIpc) is 2.60. The lowest BCUT2D eigenvalue weighted by molar-refractivity contribution is -0.147. The summed E-state index contributed by atoms with van der Waals surface area (Å²) in [7, 11) is 0. The Hall–Kier alpha value is -3.15. The van der Waals surface area contributed by atoms with Crippen molar-refractivity contribution in [2.45, 2.75) is 32.8 Å². The van der Waals surface area contributed by atoms with Crippen LogP contribution in [-0.4, -0.2) is 5.97 Å². The first-order valence-corrected chi connectivity index (χ1v) is 8.27. The Kier molecular flexibility index (Phi) is 4.50. The molecule has 26 heavy (non-hydrogen) atoms. The third kappa shape index (κ3) is 2.73. The van der Waals surface area contributed by atoms with Gasteiger partial charge in [0.25, 0.3) is 0 Å². The first-order valence-electron chi connectivity index (χ1n) is 8.27. The van der Waals surface area contributed by atoms with E-state index in [9.17, 15) is 24.0 Å². The van der Waals surface area contributed by atoms with E-state index in [1.165, 1.54) is 19.1 Å². The minimum Gasteiger partial charge on any atom is -0.458 e. The fourth-order valence-electron chi connectivity index (χ4n) is 3.23. The predicted molar refractivity (Wildman–Crippen MR) is 96.1 cm³/mol. The van der Waals surface area contributed by atoms with Crippen LogP contribution in [0, 0.1) is 10.4 Å². The average molecular weight is 352 g/mol. The van der Waals surface area contributed by atoms with Crippen molar-refractivity contribution < 1.29 is 9.53 Å². The van der Waals surface area contributed by atoms with Crippen LogP contribution in [0.4, 0.5) is 0 Å². The number of ether oxygens (including phenoxy) is 1. The summed E-state index contributed by atoms with van der Waals surface area (Å²) in [5.41, 5.74) is -2.80. The zero-order valence-corrected chi connectivity index (χ0v) is 14.3. The van der Waals surface area contributed by atoms with Crippen molar-refractivity contribution in [1.82, 2.24) is 0 Å². The molecule has 3 rings (SSSR count). The highest BCUT2D eigenvalue weighted by atomic mass is 16.5. The Morgan fingerprint density at radius 3 is 2.08 bits per heavy atom. The first kappa shape index (κ1) is 17.7. The normalized spacial score (nSPS) is 12.4. The third-order valence-corrected chi connectivity index (χ3v) is 4.35. The summed E-state index contributed by atoms with van der Waals surface area (Å²) >= 11 is 0. The van der Waals surface area contributed by atoms with Crippen LogP contribution < -0.4 is 21.7 Å². The predicted octanol–water partition coefficient (Wildman–Crippen LogP) is 1.29. The molecule has 0 spiro atoms. The van der Waals surface area contributed by atoms with Crippen molar-refractivity contribution in [3.8, 4) is 0 Å². The Morgan fingerprint density at radius 2 is 1.54 bits per heavy atom. The summed E-state index contributed by atoms with van der Waals surface area (Å²) in [6.07, 6.45) is -0.00693. The summed E-state index contributed by atoms with van der Waals surface area (Å²) in [5, 5.41) is -0.623. The van der Waals surface area contributed by atoms with E-state index >= 15 is 0 Å². The minimum absolute atomic E-state index is 0.0636. The van der Waals surface area contributed by atoms with E-state index in [2.05, 4.69) is 0 Å². The van der Waals surface area contributed by atoms with E-state index in [4.69, 9.17) is 4.74 Å². The van der Waals surface area contributed by atoms with E-state index in [-0.39, 0.29) is 16.3 Å². The van der Waals surface area contributed by atoms with Gasteiger partial charge < -0.3 is 4.74 Å². The number of esters is 1. The number of carbonyl (C=O) groups excluding carboxylic acids is 1.